The maximum atomic E-state index is 13.3. The van der Waals surface area contributed by atoms with Gasteiger partial charge in [-0.1, -0.05) is 12.1 Å². The lowest BCUT2D eigenvalue weighted by Crippen LogP contribution is -2.51. The Morgan fingerprint density at radius 2 is 1.97 bits per heavy atom. The molecule has 0 radical (unpaired) electrons. The number of nitrogens with zero attached hydrogens (tertiary/aromatic N) is 4. The van der Waals surface area contributed by atoms with Gasteiger partial charge in [0.15, 0.2) is 10.9 Å². The van der Waals surface area contributed by atoms with Crippen LogP contribution in [0.5, 0.6) is 0 Å². The number of thiazole rings is 1. The number of pyridine rings is 1. The van der Waals surface area contributed by atoms with Crippen LogP contribution in [0.1, 0.15) is 16.1 Å². The van der Waals surface area contributed by atoms with Gasteiger partial charge in [0.1, 0.15) is 0 Å². The highest BCUT2D eigenvalue weighted by Crippen LogP contribution is 2.41. The highest BCUT2D eigenvalue weighted by Gasteiger charge is 2.45. The predicted octanol–water partition coefficient (Wildman–Crippen LogP) is 4.44. The van der Waals surface area contributed by atoms with E-state index in [4.69, 9.17) is 0 Å². The number of fused-ring (bicyclic) bond motifs is 4. The van der Waals surface area contributed by atoms with Crippen LogP contribution < -0.4 is 15.1 Å². The Morgan fingerprint density at radius 1 is 1.18 bits per heavy atom. The molecular weight excluding hydrogens is 455 g/mol. The Kier molecular flexibility index (Phi) is 5.05. The fourth-order valence-electron chi connectivity index (χ4n) is 4.18. The van der Waals surface area contributed by atoms with Crippen LogP contribution in [0.15, 0.2) is 36.4 Å². The van der Waals surface area contributed by atoms with Crippen molar-refractivity contribution in [1.82, 2.24) is 9.97 Å². The van der Waals surface area contributed by atoms with Crippen molar-refractivity contribution in [3.8, 4) is 11.3 Å². The lowest BCUT2D eigenvalue weighted by Gasteiger charge is -2.35. The molecule has 0 saturated carbocycles. The molecule has 3 aromatic rings. The third-order valence-electron chi connectivity index (χ3n) is 5.96. The van der Waals surface area contributed by atoms with Crippen molar-refractivity contribution in [2.45, 2.75) is 32.2 Å². The van der Waals surface area contributed by atoms with Crippen LogP contribution in [0, 0.1) is 13.8 Å². The van der Waals surface area contributed by atoms with E-state index in [1.807, 2.05) is 18.7 Å². The first-order chi connectivity index (χ1) is 15.6. The average Bonchev–Trinajstić information content (AvgIpc) is 3.26. The molecule has 1 aromatic carbocycles. The number of nitrogens with one attached hydrogen (secondary N) is 1. The third kappa shape index (κ3) is 3.80. The predicted molar refractivity (Wildman–Crippen MR) is 120 cm³/mol. The third-order valence-corrected chi connectivity index (χ3v) is 6.95. The SMILES string of the molecule is Cc1nc(NC(=O)N2c3nc(-c4cccc(C(F)(F)F)c4)ccc3N3CC(O)C2C3)sc1C. The van der Waals surface area contributed by atoms with E-state index in [9.17, 15) is 23.1 Å². The smallest absolute Gasteiger partial charge is 0.389 e. The van der Waals surface area contributed by atoms with E-state index in [2.05, 4.69) is 15.3 Å². The highest BCUT2D eigenvalue weighted by molar-refractivity contribution is 7.15. The molecule has 2 atom stereocenters. The van der Waals surface area contributed by atoms with E-state index in [0.717, 1.165) is 22.7 Å². The molecule has 11 heteroatoms. The summed E-state index contributed by atoms with van der Waals surface area (Å²) < 4.78 is 39.6. The van der Waals surface area contributed by atoms with Crippen LogP contribution in [-0.2, 0) is 6.18 Å². The minimum absolute atomic E-state index is 0.285. The van der Waals surface area contributed by atoms with Crippen molar-refractivity contribution < 1.29 is 23.1 Å². The van der Waals surface area contributed by atoms with Crippen LogP contribution >= 0.6 is 11.3 Å². The lowest BCUT2D eigenvalue weighted by molar-refractivity contribution is -0.137. The number of anilines is 3. The number of carbonyl (C=O) groups excluding carboxylic acids is 1. The Morgan fingerprint density at radius 3 is 2.67 bits per heavy atom. The van der Waals surface area contributed by atoms with Gasteiger partial charge in [0, 0.05) is 23.5 Å². The average molecular weight is 475 g/mol. The number of urea groups is 1. The van der Waals surface area contributed by atoms with E-state index in [1.54, 1.807) is 18.2 Å². The Hall–Kier alpha value is -3.18. The normalized spacial score (nSPS) is 19.6. The number of alkyl halides is 3. The summed E-state index contributed by atoms with van der Waals surface area (Å²) in [7, 11) is 0. The largest absolute Gasteiger partial charge is 0.416 e. The standard InChI is InChI=1S/C22H20F3N5O2S/c1-11-12(2)33-20(26-11)28-21(32)30-17-9-29(10-18(17)31)16-7-6-15(27-19(16)30)13-4-3-5-14(8-13)22(23,24)25/h3-8,17-18,31H,9-10H2,1-2H3,(H,26,28,32). The molecule has 7 nitrogen and oxygen atoms in total. The molecule has 172 valence electrons. The van der Waals surface area contributed by atoms with Crippen molar-refractivity contribution >= 4 is 34.0 Å². The summed E-state index contributed by atoms with van der Waals surface area (Å²) in [5, 5.41) is 13.8. The number of aliphatic hydroxyl groups excluding tert-OH is 1. The van der Waals surface area contributed by atoms with Gasteiger partial charge in [-0.05, 0) is 38.1 Å². The molecule has 2 aliphatic heterocycles. The molecule has 4 heterocycles. The first-order valence-electron chi connectivity index (χ1n) is 10.3. The van der Waals surface area contributed by atoms with Crippen molar-refractivity contribution in [3.05, 3.63) is 52.5 Å². The summed E-state index contributed by atoms with van der Waals surface area (Å²) in [5.74, 6) is 0.292. The van der Waals surface area contributed by atoms with E-state index >= 15 is 0 Å². The number of hydrogen-bond donors (Lipinski definition) is 2. The molecule has 1 fully saturated rings. The maximum Gasteiger partial charge on any atom is 0.416 e. The van der Waals surface area contributed by atoms with E-state index in [1.165, 1.54) is 22.3 Å². The van der Waals surface area contributed by atoms with Gasteiger partial charge in [-0.2, -0.15) is 13.2 Å². The fourth-order valence-corrected chi connectivity index (χ4v) is 4.99. The molecule has 0 spiro atoms. The lowest BCUT2D eigenvalue weighted by atomic mass is 10.1. The minimum atomic E-state index is -4.48. The number of hydrogen-bond acceptors (Lipinski definition) is 6. The van der Waals surface area contributed by atoms with E-state index < -0.39 is 29.9 Å². The zero-order valence-electron chi connectivity index (χ0n) is 17.7. The zero-order valence-corrected chi connectivity index (χ0v) is 18.5. The monoisotopic (exact) mass is 475 g/mol. The van der Waals surface area contributed by atoms with Gasteiger partial charge in [-0.15, -0.1) is 11.3 Å². The van der Waals surface area contributed by atoms with Crippen LogP contribution in [0.3, 0.4) is 0 Å². The number of rotatable bonds is 2. The molecule has 2 unspecified atom stereocenters. The Labute approximate surface area is 191 Å². The molecule has 1 saturated heterocycles. The molecule has 2 amide bonds. The van der Waals surface area contributed by atoms with E-state index in [-0.39, 0.29) is 5.56 Å². The molecule has 2 aromatic heterocycles. The van der Waals surface area contributed by atoms with Crippen LogP contribution in [-0.4, -0.2) is 46.3 Å². The maximum absolute atomic E-state index is 13.3. The van der Waals surface area contributed by atoms with Gasteiger partial charge in [0.05, 0.1) is 34.8 Å². The highest BCUT2D eigenvalue weighted by atomic mass is 32.1. The summed E-state index contributed by atoms with van der Waals surface area (Å²) in [5.41, 5.74) is 1.26. The number of amides is 2. The van der Waals surface area contributed by atoms with Crippen LogP contribution in [0.2, 0.25) is 0 Å². The van der Waals surface area contributed by atoms with Gasteiger partial charge < -0.3 is 10.0 Å². The van der Waals surface area contributed by atoms with Crippen molar-refractivity contribution in [1.29, 1.82) is 0 Å². The van der Waals surface area contributed by atoms with Gasteiger partial charge in [-0.3, -0.25) is 10.2 Å². The second-order valence-electron chi connectivity index (χ2n) is 8.12. The summed E-state index contributed by atoms with van der Waals surface area (Å²) in [4.78, 5) is 26.5. The van der Waals surface area contributed by atoms with Gasteiger partial charge in [0.2, 0.25) is 0 Å². The quantitative estimate of drug-likeness (QED) is 0.573. The number of benzene rings is 1. The van der Waals surface area contributed by atoms with Gasteiger partial charge in [-0.25, -0.2) is 14.8 Å². The fraction of sp³-hybridized carbons (Fsp3) is 0.318. The summed E-state index contributed by atoms with van der Waals surface area (Å²) in [6, 6.07) is 7.23. The van der Waals surface area contributed by atoms with Crippen LogP contribution in [0.4, 0.5) is 34.6 Å². The van der Waals surface area contributed by atoms with Crippen molar-refractivity contribution in [2.24, 2.45) is 0 Å². The number of aliphatic hydroxyl groups is 1. The summed E-state index contributed by atoms with van der Waals surface area (Å²) in [6.07, 6.45) is -5.27. The minimum Gasteiger partial charge on any atom is -0.389 e. The van der Waals surface area contributed by atoms with Gasteiger partial charge in [0.25, 0.3) is 0 Å². The zero-order chi connectivity index (χ0) is 23.5. The molecule has 2 bridgehead atoms. The molecule has 2 aliphatic rings. The number of carbonyl (C=O) groups is 1. The topological polar surface area (TPSA) is 81.6 Å². The summed E-state index contributed by atoms with van der Waals surface area (Å²) in [6.45, 7) is 4.52. The number of halogens is 3. The van der Waals surface area contributed by atoms with Crippen LogP contribution in [0.25, 0.3) is 11.3 Å². The second kappa shape index (κ2) is 7.70. The van der Waals surface area contributed by atoms with Crippen molar-refractivity contribution in [3.63, 3.8) is 0 Å². The number of aryl methyl sites for hydroxylation is 2. The van der Waals surface area contributed by atoms with Gasteiger partial charge >= 0.3 is 12.2 Å². The first kappa shape index (κ1) is 21.7. The molecule has 0 aliphatic carbocycles. The van der Waals surface area contributed by atoms with E-state index in [0.29, 0.717) is 35.4 Å². The molecule has 5 rings (SSSR count). The van der Waals surface area contributed by atoms with Crippen molar-refractivity contribution in [2.75, 3.05) is 28.2 Å². The Bertz CT molecular complexity index is 1230. The number of aromatic nitrogens is 2. The Balaban J connectivity index is 1.55. The molecule has 2 N–H and O–H groups in total. The molecular formula is C22H20F3N5O2S. The summed E-state index contributed by atoms with van der Waals surface area (Å²) >= 11 is 1.34. The first-order valence-corrected chi connectivity index (χ1v) is 11.1. The second-order valence-corrected chi connectivity index (χ2v) is 9.32. The molecule has 33 heavy (non-hydrogen) atoms.